The molecule has 4 nitrogen and oxygen atoms in total. The molecule has 1 atom stereocenters. The van der Waals surface area contributed by atoms with Gasteiger partial charge in [-0.15, -0.1) is 0 Å². The summed E-state index contributed by atoms with van der Waals surface area (Å²) >= 11 is 0. The summed E-state index contributed by atoms with van der Waals surface area (Å²) in [7, 11) is 1.70. The normalized spacial score (nSPS) is 15.0. The molecule has 160 valence electrons. The van der Waals surface area contributed by atoms with Gasteiger partial charge in [-0.2, -0.15) is 0 Å². The molecule has 4 heteroatoms. The third-order valence-electron chi connectivity index (χ3n) is 5.09. The molecule has 1 fully saturated rings. The van der Waals surface area contributed by atoms with Crippen LogP contribution >= 0.6 is 0 Å². The number of benzene rings is 2. The van der Waals surface area contributed by atoms with Crippen molar-refractivity contribution in [1.82, 2.24) is 5.32 Å². The van der Waals surface area contributed by atoms with Crippen molar-refractivity contribution in [3.63, 3.8) is 0 Å². The predicted octanol–water partition coefficient (Wildman–Crippen LogP) is 5.45. The maximum absolute atomic E-state index is 6.13. The van der Waals surface area contributed by atoms with Crippen molar-refractivity contribution >= 4 is 5.69 Å². The van der Waals surface area contributed by atoms with E-state index < -0.39 is 0 Å². The molecular weight excluding hydrogens is 360 g/mol. The fourth-order valence-electron chi connectivity index (χ4n) is 3.36. The van der Waals surface area contributed by atoms with Crippen LogP contribution in [0.15, 0.2) is 48.5 Å². The highest BCUT2D eigenvalue weighted by Gasteiger charge is 2.14. The maximum atomic E-state index is 6.13. The lowest BCUT2D eigenvalue weighted by Crippen LogP contribution is -2.27. The van der Waals surface area contributed by atoms with Crippen LogP contribution in [-0.4, -0.2) is 39.4 Å². The van der Waals surface area contributed by atoms with Crippen molar-refractivity contribution in [2.45, 2.75) is 52.6 Å². The van der Waals surface area contributed by atoms with Crippen LogP contribution in [0.3, 0.4) is 0 Å². The van der Waals surface area contributed by atoms with Gasteiger partial charge in [0.05, 0.1) is 13.2 Å². The minimum atomic E-state index is 0.218. The number of unbranched alkanes of at least 4 members (excludes halogenated alkanes) is 1. The monoisotopic (exact) mass is 398 g/mol. The van der Waals surface area contributed by atoms with Crippen LogP contribution in [0.2, 0.25) is 0 Å². The van der Waals surface area contributed by atoms with Gasteiger partial charge in [-0.05, 0) is 45.4 Å². The molecule has 0 spiro atoms. The molecular formula is C25H38N2O2. The van der Waals surface area contributed by atoms with Crippen molar-refractivity contribution in [3.05, 3.63) is 54.1 Å². The van der Waals surface area contributed by atoms with Crippen LogP contribution < -0.4 is 19.7 Å². The van der Waals surface area contributed by atoms with Crippen LogP contribution in [0.1, 0.15) is 45.1 Å². The molecule has 3 rings (SSSR count). The number of methoxy groups -OCH3 is 1. The Morgan fingerprint density at radius 2 is 1.83 bits per heavy atom. The number of hydrogen-bond donors (Lipinski definition) is 1. The highest BCUT2D eigenvalue weighted by molar-refractivity contribution is 5.56. The Kier molecular flexibility index (Phi) is 10.4. The summed E-state index contributed by atoms with van der Waals surface area (Å²) in [5.74, 6) is 1.68. The second-order valence-electron chi connectivity index (χ2n) is 7.65. The van der Waals surface area contributed by atoms with Gasteiger partial charge in [0, 0.05) is 31.4 Å². The number of hydrogen-bond acceptors (Lipinski definition) is 4. The van der Waals surface area contributed by atoms with Gasteiger partial charge in [0.15, 0.2) is 11.5 Å². The Morgan fingerprint density at radius 3 is 2.48 bits per heavy atom. The number of rotatable bonds is 7. The summed E-state index contributed by atoms with van der Waals surface area (Å²) < 4.78 is 11.6. The molecule has 0 radical (unpaired) electrons. The van der Waals surface area contributed by atoms with E-state index in [1.54, 1.807) is 7.11 Å². The molecule has 0 aliphatic carbocycles. The zero-order valence-corrected chi connectivity index (χ0v) is 18.6. The van der Waals surface area contributed by atoms with E-state index >= 15 is 0 Å². The van der Waals surface area contributed by atoms with Crippen molar-refractivity contribution < 1.29 is 9.47 Å². The first-order chi connectivity index (χ1) is 14.1. The van der Waals surface area contributed by atoms with Crippen LogP contribution in [0.25, 0.3) is 0 Å². The van der Waals surface area contributed by atoms with E-state index in [0.29, 0.717) is 0 Å². The zero-order chi connectivity index (χ0) is 20.9. The molecule has 1 unspecified atom stereocenters. The molecule has 1 N–H and O–H groups in total. The summed E-state index contributed by atoms with van der Waals surface area (Å²) in [6.45, 7) is 10.7. The standard InChI is InChI=1S/C18H30N2O2.C7H8/c1-4-5-7-15(2)22-18-14-16(8-9-17(18)21-3)20-12-6-10-19-11-13-20;1-7-5-3-2-4-6-7/h8-9,14-15,19H,4-7,10-13H2,1-3H3;2-6H,1H3. The Morgan fingerprint density at radius 1 is 1.03 bits per heavy atom. The van der Waals surface area contributed by atoms with Gasteiger partial charge in [-0.1, -0.05) is 55.7 Å². The second-order valence-corrected chi connectivity index (χ2v) is 7.65. The SMILES string of the molecule is CCCCC(C)Oc1cc(N2CCCNCC2)ccc1OC.Cc1ccccc1. The molecule has 1 aliphatic rings. The van der Waals surface area contributed by atoms with Gasteiger partial charge >= 0.3 is 0 Å². The lowest BCUT2D eigenvalue weighted by atomic mass is 10.2. The van der Waals surface area contributed by atoms with E-state index in [0.717, 1.165) is 44.1 Å². The number of aryl methyl sites for hydroxylation is 1. The van der Waals surface area contributed by atoms with Crippen LogP contribution in [-0.2, 0) is 0 Å². The summed E-state index contributed by atoms with van der Waals surface area (Å²) in [5.41, 5.74) is 2.55. The first-order valence-electron chi connectivity index (χ1n) is 11.0. The molecule has 0 aromatic heterocycles. The molecule has 0 bridgehead atoms. The Balaban J connectivity index is 0.000000360. The molecule has 2 aromatic carbocycles. The van der Waals surface area contributed by atoms with Crippen LogP contribution in [0.4, 0.5) is 5.69 Å². The van der Waals surface area contributed by atoms with Crippen molar-refractivity contribution in [2.75, 3.05) is 38.2 Å². The summed E-state index contributed by atoms with van der Waals surface area (Å²) in [4.78, 5) is 2.42. The lowest BCUT2D eigenvalue weighted by molar-refractivity contribution is 0.198. The fourth-order valence-corrected chi connectivity index (χ4v) is 3.36. The number of nitrogens with one attached hydrogen (secondary N) is 1. The highest BCUT2D eigenvalue weighted by atomic mass is 16.5. The van der Waals surface area contributed by atoms with E-state index in [2.05, 4.69) is 55.3 Å². The average Bonchev–Trinajstić information content (AvgIpc) is 3.03. The molecule has 0 amide bonds. The van der Waals surface area contributed by atoms with Gasteiger partial charge in [-0.3, -0.25) is 0 Å². The zero-order valence-electron chi connectivity index (χ0n) is 18.6. The third-order valence-corrected chi connectivity index (χ3v) is 5.09. The quantitative estimate of drug-likeness (QED) is 0.673. The van der Waals surface area contributed by atoms with E-state index in [1.165, 1.54) is 30.5 Å². The molecule has 1 heterocycles. The lowest BCUT2D eigenvalue weighted by Gasteiger charge is -2.24. The fraction of sp³-hybridized carbons (Fsp3) is 0.520. The molecule has 2 aromatic rings. The van der Waals surface area contributed by atoms with Gasteiger partial charge in [0.1, 0.15) is 0 Å². The van der Waals surface area contributed by atoms with Gasteiger partial charge in [-0.25, -0.2) is 0 Å². The molecule has 1 saturated heterocycles. The highest BCUT2D eigenvalue weighted by Crippen LogP contribution is 2.33. The summed E-state index contributed by atoms with van der Waals surface area (Å²) in [5, 5.41) is 3.44. The average molecular weight is 399 g/mol. The minimum absolute atomic E-state index is 0.218. The number of ether oxygens (including phenoxy) is 2. The van der Waals surface area contributed by atoms with E-state index in [9.17, 15) is 0 Å². The van der Waals surface area contributed by atoms with E-state index in [4.69, 9.17) is 9.47 Å². The Bertz CT molecular complexity index is 682. The topological polar surface area (TPSA) is 33.7 Å². The maximum Gasteiger partial charge on any atom is 0.163 e. The smallest absolute Gasteiger partial charge is 0.163 e. The van der Waals surface area contributed by atoms with Crippen molar-refractivity contribution in [1.29, 1.82) is 0 Å². The van der Waals surface area contributed by atoms with Gasteiger partial charge < -0.3 is 19.7 Å². The summed E-state index contributed by atoms with van der Waals surface area (Å²) in [6.07, 6.45) is 4.87. The van der Waals surface area contributed by atoms with E-state index in [1.807, 2.05) is 24.3 Å². The van der Waals surface area contributed by atoms with Crippen LogP contribution in [0, 0.1) is 6.92 Å². The van der Waals surface area contributed by atoms with Crippen molar-refractivity contribution in [2.24, 2.45) is 0 Å². The third kappa shape index (κ3) is 8.36. The number of nitrogens with zero attached hydrogens (tertiary/aromatic N) is 1. The van der Waals surface area contributed by atoms with Crippen molar-refractivity contribution in [3.8, 4) is 11.5 Å². The first-order valence-corrected chi connectivity index (χ1v) is 11.0. The van der Waals surface area contributed by atoms with Gasteiger partial charge in [0.2, 0.25) is 0 Å². The van der Waals surface area contributed by atoms with E-state index in [-0.39, 0.29) is 6.10 Å². The largest absolute Gasteiger partial charge is 0.493 e. The predicted molar refractivity (Wildman–Crippen MR) is 123 cm³/mol. The minimum Gasteiger partial charge on any atom is -0.493 e. The Hall–Kier alpha value is -2.20. The second kappa shape index (κ2) is 13.1. The first kappa shape index (κ1) is 23.1. The molecule has 29 heavy (non-hydrogen) atoms. The molecule has 0 saturated carbocycles. The van der Waals surface area contributed by atoms with Crippen LogP contribution in [0.5, 0.6) is 11.5 Å². The number of anilines is 1. The Labute approximate surface area is 177 Å². The van der Waals surface area contributed by atoms with Gasteiger partial charge in [0.25, 0.3) is 0 Å². The summed E-state index contributed by atoms with van der Waals surface area (Å²) in [6, 6.07) is 16.5. The molecule has 1 aliphatic heterocycles.